The molecule has 0 bridgehead atoms. The molecule has 25 heavy (non-hydrogen) atoms. The molecule has 0 spiro atoms. The molecule has 1 saturated heterocycles. The number of likely N-dealkylation sites (N-methyl/N-ethyl adjacent to an activating group) is 1. The van der Waals surface area contributed by atoms with Gasteiger partial charge < -0.3 is 9.64 Å². The quantitative estimate of drug-likeness (QED) is 0.800. The first-order chi connectivity index (χ1) is 12.0. The molecule has 1 aromatic carbocycles. The number of rotatable bonds is 6. The van der Waals surface area contributed by atoms with Gasteiger partial charge in [-0.2, -0.15) is 5.10 Å². The van der Waals surface area contributed by atoms with E-state index >= 15 is 0 Å². The molecule has 7 nitrogen and oxygen atoms in total. The van der Waals surface area contributed by atoms with Crippen molar-refractivity contribution in [3.8, 4) is 0 Å². The topological polar surface area (TPSA) is 67.7 Å². The van der Waals surface area contributed by atoms with Gasteiger partial charge in [0, 0.05) is 26.8 Å². The monoisotopic (exact) mass is 342 g/mol. The minimum absolute atomic E-state index is 0.0158. The van der Waals surface area contributed by atoms with Crippen LogP contribution in [-0.2, 0) is 23.0 Å². The average molecular weight is 342 g/mol. The van der Waals surface area contributed by atoms with Crippen LogP contribution in [0.3, 0.4) is 0 Å². The highest BCUT2D eigenvalue weighted by molar-refractivity contribution is 5.83. The van der Waals surface area contributed by atoms with Crippen LogP contribution in [0.15, 0.2) is 42.7 Å². The van der Waals surface area contributed by atoms with Crippen molar-refractivity contribution in [1.29, 1.82) is 0 Å². The Labute approximate surface area is 146 Å². The number of benzene rings is 1. The third kappa shape index (κ3) is 3.99. The van der Waals surface area contributed by atoms with E-state index in [-0.39, 0.29) is 25.1 Å². The second kappa shape index (κ2) is 7.38. The minimum Gasteiger partial charge on any atom is -0.447 e. The number of hydrogen-bond acceptors (Lipinski definition) is 4. The maximum absolute atomic E-state index is 12.5. The molecule has 0 aliphatic carbocycles. The zero-order chi connectivity index (χ0) is 17.8. The summed E-state index contributed by atoms with van der Waals surface area (Å²) in [5.41, 5.74) is 2.05. The highest BCUT2D eigenvalue weighted by Crippen LogP contribution is 2.27. The fourth-order valence-electron chi connectivity index (χ4n) is 2.87. The third-order valence-electron chi connectivity index (χ3n) is 4.39. The van der Waals surface area contributed by atoms with E-state index in [4.69, 9.17) is 4.74 Å². The van der Waals surface area contributed by atoms with Crippen LogP contribution in [0.5, 0.6) is 0 Å². The standard InChI is InChI=1S/C18H22N4O3/c1-20(9-8-14-10-19-21(2)11-14)17(23)12-22-16(13-25-18(22)24)15-6-4-3-5-7-15/h3-7,10-11,16H,8-9,12-13H2,1-2H3/t16-/m1/s1. The number of amides is 2. The molecule has 132 valence electrons. The number of aryl methyl sites for hydroxylation is 1. The number of ether oxygens (including phenoxy) is 1. The summed E-state index contributed by atoms with van der Waals surface area (Å²) in [4.78, 5) is 27.7. The van der Waals surface area contributed by atoms with Crippen molar-refractivity contribution >= 4 is 12.0 Å². The zero-order valence-electron chi connectivity index (χ0n) is 14.5. The van der Waals surface area contributed by atoms with Crippen molar-refractivity contribution < 1.29 is 14.3 Å². The summed E-state index contributed by atoms with van der Waals surface area (Å²) in [5, 5.41) is 4.12. The molecular weight excluding hydrogens is 320 g/mol. The van der Waals surface area contributed by atoms with Gasteiger partial charge in [-0.3, -0.25) is 14.4 Å². The summed E-state index contributed by atoms with van der Waals surface area (Å²) in [6.07, 6.45) is 4.01. The van der Waals surface area contributed by atoms with Gasteiger partial charge in [0.15, 0.2) is 0 Å². The Balaban J connectivity index is 1.59. The maximum Gasteiger partial charge on any atom is 0.410 e. The van der Waals surface area contributed by atoms with Gasteiger partial charge in [-0.1, -0.05) is 30.3 Å². The van der Waals surface area contributed by atoms with Gasteiger partial charge >= 0.3 is 6.09 Å². The summed E-state index contributed by atoms with van der Waals surface area (Å²) in [7, 11) is 3.61. The van der Waals surface area contributed by atoms with Crippen LogP contribution in [0.25, 0.3) is 0 Å². The molecule has 2 heterocycles. The Morgan fingerprint density at radius 2 is 2.12 bits per heavy atom. The number of cyclic esters (lactones) is 1. The Morgan fingerprint density at radius 3 is 2.80 bits per heavy atom. The van der Waals surface area contributed by atoms with Gasteiger partial charge in [-0.25, -0.2) is 4.79 Å². The van der Waals surface area contributed by atoms with Gasteiger partial charge in [-0.15, -0.1) is 0 Å². The molecule has 3 rings (SSSR count). The molecule has 1 fully saturated rings. The Morgan fingerprint density at radius 1 is 1.36 bits per heavy atom. The van der Waals surface area contributed by atoms with Gasteiger partial charge in [0.2, 0.25) is 5.91 Å². The molecule has 1 aromatic heterocycles. The van der Waals surface area contributed by atoms with Crippen molar-refractivity contribution in [1.82, 2.24) is 19.6 Å². The normalized spacial score (nSPS) is 16.8. The molecule has 1 aliphatic rings. The van der Waals surface area contributed by atoms with E-state index in [1.54, 1.807) is 22.8 Å². The number of aromatic nitrogens is 2. The molecule has 1 atom stereocenters. The lowest BCUT2D eigenvalue weighted by Crippen LogP contribution is -2.40. The molecule has 0 saturated carbocycles. The summed E-state index contributed by atoms with van der Waals surface area (Å²) >= 11 is 0. The number of carbonyl (C=O) groups excluding carboxylic acids is 2. The number of nitrogens with zero attached hydrogens (tertiary/aromatic N) is 4. The SMILES string of the molecule is CN(CCc1cnn(C)c1)C(=O)CN1C(=O)OC[C@@H]1c1ccccc1. The highest BCUT2D eigenvalue weighted by atomic mass is 16.6. The molecule has 7 heteroatoms. The largest absolute Gasteiger partial charge is 0.447 e. The zero-order valence-corrected chi connectivity index (χ0v) is 14.5. The maximum atomic E-state index is 12.5. The third-order valence-corrected chi connectivity index (χ3v) is 4.39. The molecular formula is C18H22N4O3. The van der Waals surface area contributed by atoms with E-state index in [0.29, 0.717) is 6.54 Å². The van der Waals surface area contributed by atoms with Crippen molar-refractivity contribution in [3.63, 3.8) is 0 Å². The summed E-state index contributed by atoms with van der Waals surface area (Å²) in [6, 6.07) is 9.41. The van der Waals surface area contributed by atoms with Crippen molar-refractivity contribution in [2.45, 2.75) is 12.5 Å². The second-order valence-corrected chi connectivity index (χ2v) is 6.22. The van der Waals surface area contributed by atoms with Gasteiger partial charge in [-0.05, 0) is 17.5 Å². The first-order valence-corrected chi connectivity index (χ1v) is 8.24. The van der Waals surface area contributed by atoms with E-state index in [9.17, 15) is 9.59 Å². The molecule has 2 aromatic rings. The molecule has 0 radical (unpaired) electrons. The van der Waals surface area contributed by atoms with E-state index in [0.717, 1.165) is 17.5 Å². The lowest BCUT2D eigenvalue weighted by Gasteiger charge is -2.24. The highest BCUT2D eigenvalue weighted by Gasteiger charge is 2.35. The lowest BCUT2D eigenvalue weighted by atomic mass is 10.1. The van der Waals surface area contributed by atoms with E-state index in [1.165, 1.54) is 4.90 Å². The fraction of sp³-hybridized carbons (Fsp3) is 0.389. The second-order valence-electron chi connectivity index (χ2n) is 6.22. The summed E-state index contributed by atoms with van der Waals surface area (Å²) < 4.78 is 6.89. The number of carbonyl (C=O) groups is 2. The first-order valence-electron chi connectivity index (χ1n) is 8.24. The Kier molecular flexibility index (Phi) is 5.02. The van der Waals surface area contributed by atoms with E-state index < -0.39 is 6.09 Å². The predicted octanol–water partition coefficient (Wildman–Crippen LogP) is 1.61. The van der Waals surface area contributed by atoms with Crippen LogP contribution < -0.4 is 0 Å². The summed E-state index contributed by atoms with van der Waals surface area (Å²) in [5.74, 6) is -0.108. The Hall–Kier alpha value is -2.83. The molecule has 0 unspecified atom stereocenters. The van der Waals surface area contributed by atoms with Crippen LogP contribution in [0.4, 0.5) is 4.79 Å². The Bertz CT molecular complexity index is 744. The molecule has 0 N–H and O–H groups in total. The molecule has 2 amide bonds. The van der Waals surface area contributed by atoms with Crippen LogP contribution >= 0.6 is 0 Å². The van der Waals surface area contributed by atoms with Crippen molar-refractivity contribution in [2.24, 2.45) is 7.05 Å². The van der Waals surface area contributed by atoms with Crippen LogP contribution in [-0.4, -0.2) is 58.3 Å². The van der Waals surface area contributed by atoms with Crippen LogP contribution in [0.2, 0.25) is 0 Å². The average Bonchev–Trinajstić information content (AvgIpc) is 3.19. The molecule has 1 aliphatic heterocycles. The minimum atomic E-state index is -0.442. The van der Waals surface area contributed by atoms with Crippen LogP contribution in [0.1, 0.15) is 17.2 Å². The van der Waals surface area contributed by atoms with Crippen molar-refractivity contribution in [2.75, 3.05) is 26.7 Å². The summed E-state index contributed by atoms with van der Waals surface area (Å²) in [6.45, 7) is 0.862. The number of hydrogen-bond donors (Lipinski definition) is 0. The van der Waals surface area contributed by atoms with Gasteiger partial charge in [0.1, 0.15) is 13.2 Å². The smallest absolute Gasteiger partial charge is 0.410 e. The first kappa shape index (κ1) is 17.0. The van der Waals surface area contributed by atoms with Gasteiger partial charge in [0.25, 0.3) is 0 Å². The van der Waals surface area contributed by atoms with Gasteiger partial charge in [0.05, 0.1) is 12.2 Å². The van der Waals surface area contributed by atoms with E-state index in [2.05, 4.69) is 5.10 Å². The van der Waals surface area contributed by atoms with Crippen LogP contribution in [0, 0.1) is 0 Å². The lowest BCUT2D eigenvalue weighted by molar-refractivity contribution is -0.130. The van der Waals surface area contributed by atoms with E-state index in [1.807, 2.05) is 43.6 Å². The predicted molar refractivity (Wildman–Crippen MR) is 91.8 cm³/mol. The fourth-order valence-corrected chi connectivity index (χ4v) is 2.87. The van der Waals surface area contributed by atoms with Crippen molar-refractivity contribution in [3.05, 3.63) is 53.9 Å².